The molecule has 30 heavy (non-hydrogen) atoms. The van der Waals surface area contributed by atoms with Crippen LogP contribution in [0, 0.1) is 0 Å². The molecule has 0 saturated carbocycles. The third-order valence-electron chi connectivity index (χ3n) is 5.15. The molecule has 5 rings (SSSR count). The molecule has 1 fully saturated rings. The number of nitrogen functional groups attached to an aromatic ring is 1. The maximum atomic E-state index is 6.15. The largest absolute Gasteiger partial charge is 0.461 e. The predicted octanol–water partition coefficient (Wildman–Crippen LogP) is 2.84. The average Bonchev–Trinajstić information content (AvgIpc) is 3.36. The van der Waals surface area contributed by atoms with Gasteiger partial charge in [0.05, 0.1) is 6.26 Å². The highest BCUT2D eigenvalue weighted by Gasteiger charge is 2.20. The van der Waals surface area contributed by atoms with Crippen molar-refractivity contribution < 1.29 is 4.42 Å². The molecule has 3 aromatic heterocycles. The first-order valence-electron chi connectivity index (χ1n) is 9.81. The lowest BCUT2D eigenvalue weighted by molar-refractivity contribution is 0.285. The van der Waals surface area contributed by atoms with Crippen LogP contribution in [0.15, 0.2) is 51.6 Å². The molecule has 0 bridgehead atoms. The lowest BCUT2D eigenvalue weighted by atomic mass is 10.2. The number of rotatable bonds is 4. The van der Waals surface area contributed by atoms with E-state index in [-0.39, 0.29) is 5.95 Å². The molecule has 1 aliphatic rings. The van der Waals surface area contributed by atoms with E-state index in [0.29, 0.717) is 23.3 Å². The monoisotopic (exact) mass is 468 g/mol. The summed E-state index contributed by atoms with van der Waals surface area (Å²) in [7, 11) is 0. The molecule has 0 aliphatic carbocycles. The fraction of sp³-hybridized carbons (Fsp3) is 0.300. The van der Waals surface area contributed by atoms with E-state index in [2.05, 4.69) is 70.0 Å². The number of aromatic nitrogens is 5. The van der Waals surface area contributed by atoms with Crippen molar-refractivity contribution in [3.63, 3.8) is 0 Å². The number of halogens is 1. The Morgan fingerprint density at radius 3 is 2.67 bits per heavy atom. The molecule has 9 nitrogen and oxygen atoms in total. The first-order chi connectivity index (χ1) is 14.7. The summed E-state index contributed by atoms with van der Waals surface area (Å²) < 4.78 is 7.92. The zero-order valence-electron chi connectivity index (χ0n) is 16.3. The molecule has 0 atom stereocenters. The Kier molecular flexibility index (Phi) is 5.09. The van der Waals surface area contributed by atoms with Gasteiger partial charge in [-0.3, -0.25) is 4.90 Å². The molecular formula is C20H21BrN8O. The maximum Gasteiger partial charge on any atom is 0.259 e. The van der Waals surface area contributed by atoms with E-state index in [0.717, 1.165) is 43.6 Å². The lowest BCUT2D eigenvalue weighted by Gasteiger charge is -2.22. The maximum absolute atomic E-state index is 6.15. The Bertz CT molecular complexity index is 1140. The second-order valence-corrected chi connectivity index (χ2v) is 8.17. The van der Waals surface area contributed by atoms with Gasteiger partial charge in [-0.1, -0.05) is 28.1 Å². The fourth-order valence-electron chi connectivity index (χ4n) is 3.62. The van der Waals surface area contributed by atoms with Gasteiger partial charge in [-0.25, -0.2) is 0 Å². The van der Waals surface area contributed by atoms with Gasteiger partial charge in [-0.2, -0.15) is 19.5 Å². The van der Waals surface area contributed by atoms with Crippen LogP contribution in [0.2, 0.25) is 0 Å². The Morgan fingerprint density at radius 2 is 1.87 bits per heavy atom. The number of anilines is 2. The van der Waals surface area contributed by atoms with Gasteiger partial charge in [0.25, 0.3) is 5.78 Å². The lowest BCUT2D eigenvalue weighted by Crippen LogP contribution is -2.32. The SMILES string of the molecule is Nc1nc(N2CCCN(Cc3ccc(Br)cc3)CC2)nc2nc(-c3ccco3)nn12. The van der Waals surface area contributed by atoms with Crippen LogP contribution in [0.3, 0.4) is 0 Å². The van der Waals surface area contributed by atoms with Gasteiger partial charge in [-0.15, -0.1) is 5.10 Å². The van der Waals surface area contributed by atoms with Crippen molar-refractivity contribution in [3.05, 3.63) is 52.7 Å². The van der Waals surface area contributed by atoms with E-state index in [9.17, 15) is 0 Å². The molecule has 2 N–H and O–H groups in total. The van der Waals surface area contributed by atoms with Gasteiger partial charge in [0.15, 0.2) is 5.76 Å². The second kappa shape index (κ2) is 8.04. The molecule has 1 aliphatic heterocycles. The Hall–Kier alpha value is -2.98. The van der Waals surface area contributed by atoms with E-state index >= 15 is 0 Å². The van der Waals surface area contributed by atoms with E-state index in [1.165, 1.54) is 10.1 Å². The van der Waals surface area contributed by atoms with E-state index < -0.39 is 0 Å². The highest BCUT2D eigenvalue weighted by Crippen LogP contribution is 2.20. The van der Waals surface area contributed by atoms with Gasteiger partial charge in [-0.05, 0) is 36.2 Å². The van der Waals surface area contributed by atoms with Crippen LogP contribution < -0.4 is 10.6 Å². The number of hydrogen-bond donors (Lipinski definition) is 1. The van der Waals surface area contributed by atoms with Crippen LogP contribution in [-0.2, 0) is 6.54 Å². The number of benzene rings is 1. The van der Waals surface area contributed by atoms with Crippen molar-refractivity contribution in [3.8, 4) is 11.6 Å². The normalized spacial score (nSPS) is 15.6. The number of hydrogen-bond acceptors (Lipinski definition) is 8. The smallest absolute Gasteiger partial charge is 0.259 e. The van der Waals surface area contributed by atoms with Crippen molar-refractivity contribution in [1.29, 1.82) is 0 Å². The summed E-state index contributed by atoms with van der Waals surface area (Å²) in [4.78, 5) is 18.2. The summed E-state index contributed by atoms with van der Waals surface area (Å²) >= 11 is 3.49. The van der Waals surface area contributed by atoms with Crippen LogP contribution in [0.4, 0.5) is 11.9 Å². The molecule has 4 heterocycles. The van der Waals surface area contributed by atoms with Crippen molar-refractivity contribution in [2.75, 3.05) is 36.8 Å². The highest BCUT2D eigenvalue weighted by atomic mass is 79.9. The highest BCUT2D eigenvalue weighted by molar-refractivity contribution is 9.10. The van der Waals surface area contributed by atoms with Gasteiger partial charge in [0, 0.05) is 37.2 Å². The molecule has 10 heteroatoms. The van der Waals surface area contributed by atoms with Gasteiger partial charge >= 0.3 is 0 Å². The molecule has 154 valence electrons. The zero-order valence-corrected chi connectivity index (χ0v) is 17.9. The fourth-order valence-corrected chi connectivity index (χ4v) is 3.89. The Balaban J connectivity index is 1.33. The quantitative estimate of drug-likeness (QED) is 0.487. The molecular weight excluding hydrogens is 448 g/mol. The van der Waals surface area contributed by atoms with Crippen LogP contribution in [-0.4, -0.2) is 55.6 Å². The minimum atomic E-state index is 0.260. The van der Waals surface area contributed by atoms with E-state index in [4.69, 9.17) is 10.2 Å². The summed E-state index contributed by atoms with van der Waals surface area (Å²) in [6.45, 7) is 4.57. The molecule has 4 aromatic rings. The van der Waals surface area contributed by atoms with E-state index in [1.807, 2.05) is 0 Å². The zero-order chi connectivity index (χ0) is 20.5. The first kappa shape index (κ1) is 19.0. The minimum absolute atomic E-state index is 0.260. The molecule has 0 spiro atoms. The van der Waals surface area contributed by atoms with Crippen molar-refractivity contribution >= 4 is 33.6 Å². The summed E-state index contributed by atoms with van der Waals surface area (Å²) in [6, 6.07) is 12.1. The number of nitrogens with two attached hydrogens (primary N) is 1. The Labute approximate surface area is 181 Å². The van der Waals surface area contributed by atoms with Crippen LogP contribution in [0.5, 0.6) is 0 Å². The summed E-state index contributed by atoms with van der Waals surface area (Å²) in [5.41, 5.74) is 7.46. The molecule has 0 unspecified atom stereocenters. The van der Waals surface area contributed by atoms with E-state index in [1.54, 1.807) is 18.4 Å². The van der Waals surface area contributed by atoms with Crippen LogP contribution in [0.25, 0.3) is 17.4 Å². The minimum Gasteiger partial charge on any atom is -0.461 e. The van der Waals surface area contributed by atoms with Crippen LogP contribution >= 0.6 is 15.9 Å². The number of furan rings is 1. The second-order valence-electron chi connectivity index (χ2n) is 7.25. The number of fused-ring (bicyclic) bond motifs is 1. The topological polar surface area (TPSA) is 102 Å². The van der Waals surface area contributed by atoms with Crippen LogP contribution in [0.1, 0.15) is 12.0 Å². The summed E-state index contributed by atoms with van der Waals surface area (Å²) in [5.74, 6) is 2.27. The Morgan fingerprint density at radius 1 is 1.00 bits per heavy atom. The molecule has 0 radical (unpaired) electrons. The summed E-state index contributed by atoms with van der Waals surface area (Å²) in [6.07, 6.45) is 2.61. The van der Waals surface area contributed by atoms with Gasteiger partial charge in [0.1, 0.15) is 0 Å². The molecule has 1 saturated heterocycles. The van der Waals surface area contributed by atoms with Gasteiger partial charge in [0.2, 0.25) is 17.7 Å². The molecule has 0 amide bonds. The van der Waals surface area contributed by atoms with Gasteiger partial charge < -0.3 is 15.1 Å². The third-order valence-corrected chi connectivity index (χ3v) is 5.68. The van der Waals surface area contributed by atoms with Crippen molar-refractivity contribution in [1.82, 2.24) is 29.5 Å². The van der Waals surface area contributed by atoms with Crippen molar-refractivity contribution in [2.24, 2.45) is 0 Å². The average molecular weight is 469 g/mol. The number of nitrogens with zero attached hydrogens (tertiary/aromatic N) is 7. The van der Waals surface area contributed by atoms with Crippen molar-refractivity contribution in [2.45, 2.75) is 13.0 Å². The standard InChI is InChI=1S/C20H21BrN8O/c21-15-6-4-14(5-7-15)13-27-8-2-9-28(11-10-27)19-24-18(22)29-20(25-19)23-17(26-29)16-3-1-12-30-16/h1,3-7,12H,2,8-11,13H2,(H2,22,23,24,25,26). The third kappa shape index (κ3) is 3.88. The first-order valence-corrected chi connectivity index (χ1v) is 10.6. The molecule has 1 aromatic carbocycles. The predicted molar refractivity (Wildman–Crippen MR) is 117 cm³/mol. The summed E-state index contributed by atoms with van der Waals surface area (Å²) in [5, 5.41) is 4.36.